The van der Waals surface area contributed by atoms with Crippen LogP contribution < -0.4 is 10.5 Å². The van der Waals surface area contributed by atoms with Crippen LogP contribution in [0.25, 0.3) is 0 Å². The van der Waals surface area contributed by atoms with E-state index < -0.39 is 0 Å². The molecule has 0 bridgehead atoms. The molecule has 1 fully saturated rings. The molecule has 1 saturated carbocycles. The van der Waals surface area contributed by atoms with Crippen LogP contribution in [0.4, 0.5) is 0 Å². The van der Waals surface area contributed by atoms with Crippen molar-refractivity contribution < 1.29 is 4.74 Å². The summed E-state index contributed by atoms with van der Waals surface area (Å²) in [5.41, 5.74) is 5.87. The van der Waals surface area contributed by atoms with E-state index in [2.05, 4.69) is 0 Å². The molecule has 0 aliphatic heterocycles. The average Bonchev–Trinajstić information content (AvgIpc) is 2.28. The smallest absolute Gasteiger partial charge is 0.120 e. The quantitative estimate of drug-likeness (QED) is 0.914. The highest BCUT2D eigenvalue weighted by molar-refractivity contribution is 6.30. The van der Waals surface area contributed by atoms with Crippen molar-refractivity contribution in [2.75, 3.05) is 6.61 Å². The largest absolute Gasteiger partial charge is 0.493 e. The zero-order valence-corrected chi connectivity index (χ0v) is 11.3. The standard InChI is InChI=1S/C13H18ClNO.ClH/c14-11-2-1-3-13(8-11)16-9-10-4-6-12(15)7-5-10;/h1-3,8,10,12H,4-7,9,15H2;1H. The highest BCUT2D eigenvalue weighted by Crippen LogP contribution is 2.25. The Morgan fingerprint density at radius 1 is 1.24 bits per heavy atom. The first-order valence-electron chi connectivity index (χ1n) is 5.88. The fourth-order valence-corrected chi connectivity index (χ4v) is 2.31. The van der Waals surface area contributed by atoms with Crippen molar-refractivity contribution in [3.63, 3.8) is 0 Å². The number of nitrogens with two attached hydrogens (primary N) is 1. The van der Waals surface area contributed by atoms with Gasteiger partial charge in [0.1, 0.15) is 5.75 Å². The van der Waals surface area contributed by atoms with E-state index in [1.165, 1.54) is 12.8 Å². The molecule has 1 aliphatic rings. The van der Waals surface area contributed by atoms with E-state index in [0.29, 0.717) is 12.0 Å². The Morgan fingerprint density at radius 2 is 1.94 bits per heavy atom. The van der Waals surface area contributed by atoms with Crippen molar-refractivity contribution in [1.82, 2.24) is 0 Å². The average molecular weight is 276 g/mol. The van der Waals surface area contributed by atoms with Gasteiger partial charge in [0.05, 0.1) is 6.61 Å². The van der Waals surface area contributed by atoms with Crippen LogP contribution in [0.2, 0.25) is 5.02 Å². The van der Waals surface area contributed by atoms with Crippen LogP contribution in [0.1, 0.15) is 25.7 Å². The molecule has 0 atom stereocenters. The van der Waals surface area contributed by atoms with Gasteiger partial charge in [-0.15, -0.1) is 12.4 Å². The lowest BCUT2D eigenvalue weighted by molar-refractivity contribution is 0.200. The number of rotatable bonds is 3. The van der Waals surface area contributed by atoms with Gasteiger partial charge in [-0.05, 0) is 49.8 Å². The molecule has 2 rings (SSSR count). The first-order valence-corrected chi connectivity index (χ1v) is 6.26. The predicted molar refractivity (Wildman–Crippen MR) is 74.1 cm³/mol. The molecule has 1 aromatic carbocycles. The van der Waals surface area contributed by atoms with Gasteiger partial charge in [-0.3, -0.25) is 0 Å². The molecule has 1 aliphatic carbocycles. The van der Waals surface area contributed by atoms with Crippen LogP contribution in [0.3, 0.4) is 0 Å². The van der Waals surface area contributed by atoms with E-state index in [4.69, 9.17) is 22.1 Å². The van der Waals surface area contributed by atoms with Gasteiger partial charge in [0.15, 0.2) is 0 Å². The van der Waals surface area contributed by atoms with Gasteiger partial charge in [-0.1, -0.05) is 17.7 Å². The number of benzene rings is 1. The molecule has 17 heavy (non-hydrogen) atoms. The van der Waals surface area contributed by atoms with E-state index in [0.717, 1.165) is 30.2 Å². The lowest BCUT2D eigenvalue weighted by atomic mass is 9.87. The molecule has 2 N–H and O–H groups in total. The van der Waals surface area contributed by atoms with Crippen LogP contribution in [0.15, 0.2) is 24.3 Å². The molecular weight excluding hydrogens is 257 g/mol. The second-order valence-electron chi connectivity index (χ2n) is 4.55. The van der Waals surface area contributed by atoms with Crippen LogP contribution in [0, 0.1) is 5.92 Å². The summed E-state index contributed by atoms with van der Waals surface area (Å²) in [6, 6.07) is 7.97. The van der Waals surface area contributed by atoms with Crippen molar-refractivity contribution in [3.05, 3.63) is 29.3 Å². The Hall–Kier alpha value is -0.440. The zero-order valence-electron chi connectivity index (χ0n) is 9.77. The highest BCUT2D eigenvalue weighted by Gasteiger charge is 2.18. The Bertz CT molecular complexity index is 338. The zero-order chi connectivity index (χ0) is 11.4. The van der Waals surface area contributed by atoms with E-state index in [1.807, 2.05) is 24.3 Å². The molecule has 2 nitrogen and oxygen atoms in total. The molecule has 0 aromatic heterocycles. The van der Waals surface area contributed by atoms with Crippen LogP contribution in [-0.2, 0) is 0 Å². The summed E-state index contributed by atoms with van der Waals surface area (Å²) in [7, 11) is 0. The number of hydrogen-bond donors (Lipinski definition) is 1. The lowest BCUT2D eigenvalue weighted by Gasteiger charge is -2.25. The van der Waals surface area contributed by atoms with Crippen molar-refractivity contribution in [2.24, 2.45) is 11.7 Å². The topological polar surface area (TPSA) is 35.2 Å². The van der Waals surface area contributed by atoms with Crippen LogP contribution in [-0.4, -0.2) is 12.6 Å². The van der Waals surface area contributed by atoms with Crippen molar-refractivity contribution in [2.45, 2.75) is 31.7 Å². The molecule has 4 heteroatoms. The minimum atomic E-state index is 0. The normalized spacial score (nSPS) is 23.9. The Labute approximate surface area is 114 Å². The summed E-state index contributed by atoms with van der Waals surface area (Å²) < 4.78 is 5.74. The first-order chi connectivity index (χ1) is 7.74. The summed E-state index contributed by atoms with van der Waals surface area (Å²) >= 11 is 5.89. The lowest BCUT2D eigenvalue weighted by Crippen LogP contribution is -2.28. The SMILES string of the molecule is Cl.NC1CCC(COc2cccc(Cl)c2)CC1. The molecule has 0 radical (unpaired) electrons. The molecule has 0 heterocycles. The molecule has 96 valence electrons. The third-order valence-electron chi connectivity index (χ3n) is 3.17. The third kappa shape index (κ3) is 4.74. The van der Waals surface area contributed by atoms with E-state index in [9.17, 15) is 0 Å². The minimum Gasteiger partial charge on any atom is -0.493 e. The summed E-state index contributed by atoms with van der Waals surface area (Å²) in [5, 5.41) is 0.725. The predicted octanol–water partition coefficient (Wildman–Crippen LogP) is 3.66. The van der Waals surface area contributed by atoms with Gasteiger partial charge < -0.3 is 10.5 Å². The summed E-state index contributed by atoms with van der Waals surface area (Å²) in [5.74, 6) is 1.51. The summed E-state index contributed by atoms with van der Waals surface area (Å²) in [6.07, 6.45) is 4.62. The monoisotopic (exact) mass is 275 g/mol. The van der Waals surface area contributed by atoms with Crippen LogP contribution in [0.5, 0.6) is 5.75 Å². The number of halogens is 2. The highest BCUT2D eigenvalue weighted by atomic mass is 35.5. The summed E-state index contributed by atoms with van der Waals surface area (Å²) in [6.45, 7) is 0.785. The Kier molecular flexibility index (Phi) is 6.10. The van der Waals surface area contributed by atoms with Gasteiger partial charge in [-0.25, -0.2) is 0 Å². The van der Waals surface area contributed by atoms with Gasteiger partial charge in [0, 0.05) is 11.1 Å². The third-order valence-corrected chi connectivity index (χ3v) is 3.41. The Morgan fingerprint density at radius 3 is 2.59 bits per heavy atom. The molecular formula is C13H19Cl2NO. The molecule has 0 amide bonds. The van der Waals surface area contributed by atoms with E-state index in [1.54, 1.807) is 0 Å². The number of hydrogen-bond acceptors (Lipinski definition) is 2. The fraction of sp³-hybridized carbons (Fsp3) is 0.538. The molecule has 0 spiro atoms. The van der Waals surface area contributed by atoms with Gasteiger partial charge in [0.25, 0.3) is 0 Å². The molecule has 1 aromatic rings. The van der Waals surface area contributed by atoms with Crippen molar-refractivity contribution in [1.29, 1.82) is 0 Å². The van der Waals surface area contributed by atoms with Gasteiger partial charge >= 0.3 is 0 Å². The van der Waals surface area contributed by atoms with Gasteiger partial charge in [-0.2, -0.15) is 0 Å². The van der Waals surface area contributed by atoms with E-state index in [-0.39, 0.29) is 12.4 Å². The van der Waals surface area contributed by atoms with Gasteiger partial charge in [0.2, 0.25) is 0 Å². The second kappa shape index (κ2) is 7.10. The maximum Gasteiger partial charge on any atom is 0.120 e. The van der Waals surface area contributed by atoms with Crippen LogP contribution >= 0.6 is 24.0 Å². The number of ether oxygens (including phenoxy) is 1. The fourth-order valence-electron chi connectivity index (χ4n) is 2.13. The van der Waals surface area contributed by atoms with E-state index >= 15 is 0 Å². The maximum absolute atomic E-state index is 5.89. The second-order valence-corrected chi connectivity index (χ2v) is 4.99. The molecule has 0 saturated heterocycles. The molecule has 0 unspecified atom stereocenters. The first kappa shape index (κ1) is 14.6. The van der Waals surface area contributed by atoms with Crippen molar-refractivity contribution >= 4 is 24.0 Å². The Balaban J connectivity index is 0.00000144. The minimum absolute atomic E-state index is 0. The maximum atomic E-state index is 5.89. The summed E-state index contributed by atoms with van der Waals surface area (Å²) in [4.78, 5) is 0. The van der Waals surface area contributed by atoms with Crippen molar-refractivity contribution in [3.8, 4) is 5.75 Å².